The lowest BCUT2D eigenvalue weighted by molar-refractivity contribution is -0.931. The molecule has 0 spiro atoms. The van der Waals surface area contributed by atoms with Crippen LogP contribution in [0.5, 0.6) is 0 Å². The predicted octanol–water partition coefficient (Wildman–Crippen LogP) is 3.53. The summed E-state index contributed by atoms with van der Waals surface area (Å²) < 4.78 is 33.8. The number of carbonyl (C=O) groups excluding carboxylic acids is 3. The van der Waals surface area contributed by atoms with Gasteiger partial charge in [0.15, 0.2) is 0 Å². The monoisotopic (exact) mass is 631 g/mol. The van der Waals surface area contributed by atoms with Gasteiger partial charge in [-0.1, -0.05) is 47.5 Å². The maximum absolute atomic E-state index is 13.9. The van der Waals surface area contributed by atoms with Crippen LogP contribution in [-0.2, 0) is 24.5 Å². The molecule has 0 radical (unpaired) electrons. The van der Waals surface area contributed by atoms with Gasteiger partial charge in [-0.15, -0.1) is 0 Å². The van der Waals surface area contributed by atoms with E-state index in [0.29, 0.717) is 25.7 Å². The van der Waals surface area contributed by atoms with Gasteiger partial charge in [0.1, 0.15) is 0 Å². The highest BCUT2D eigenvalue weighted by Gasteiger charge is 2.40. The van der Waals surface area contributed by atoms with Gasteiger partial charge in [-0.3, -0.25) is 14.1 Å². The van der Waals surface area contributed by atoms with Crippen molar-refractivity contribution in [2.24, 2.45) is 41.2 Å². The molecular formula is C32H61N3O7S. The quantitative estimate of drug-likeness (QED) is 0.121. The molecule has 252 valence electrons. The second-order valence-corrected chi connectivity index (χ2v) is 15.5. The largest absolute Gasteiger partial charge is 0.550 e. The third-order valence-corrected chi connectivity index (χ3v) is 10.5. The molecule has 4 N–H and O–H groups in total. The smallest absolute Gasteiger partial charge is 0.267 e. The lowest BCUT2D eigenvalue weighted by Gasteiger charge is -2.41. The van der Waals surface area contributed by atoms with E-state index in [-0.39, 0.29) is 30.1 Å². The van der Waals surface area contributed by atoms with Crippen molar-refractivity contribution in [3.8, 4) is 0 Å². The van der Waals surface area contributed by atoms with E-state index in [1.807, 2.05) is 6.92 Å². The van der Waals surface area contributed by atoms with Crippen LogP contribution < -0.4 is 16.2 Å². The molecule has 0 aromatic heterocycles. The summed E-state index contributed by atoms with van der Waals surface area (Å²) >= 11 is 0. The Bertz CT molecular complexity index is 984. The molecule has 1 saturated carbocycles. The van der Waals surface area contributed by atoms with Gasteiger partial charge < -0.3 is 25.4 Å². The van der Waals surface area contributed by atoms with Crippen LogP contribution in [0.3, 0.4) is 0 Å². The van der Waals surface area contributed by atoms with Crippen molar-refractivity contribution in [2.45, 2.75) is 118 Å². The number of carboxylic acids is 1. The van der Waals surface area contributed by atoms with E-state index in [2.05, 4.69) is 33.0 Å². The second kappa shape index (κ2) is 17.7. The average molecular weight is 632 g/mol. The Hall–Kier alpha value is -1.72. The number of quaternary nitrogens is 1. The Morgan fingerprint density at radius 2 is 1.56 bits per heavy atom. The Morgan fingerprint density at radius 3 is 2.00 bits per heavy atom. The number of carboxylic acid groups (broad SMARTS) is 1. The number of primary amides is 1. The molecule has 11 heteroatoms. The number of hydrogen-bond acceptors (Lipinski definition) is 6. The van der Waals surface area contributed by atoms with Gasteiger partial charge in [0, 0.05) is 29.6 Å². The summed E-state index contributed by atoms with van der Waals surface area (Å²) in [6.45, 7) is 17.9. The van der Waals surface area contributed by atoms with Crippen molar-refractivity contribution >= 4 is 27.9 Å². The average Bonchev–Trinajstić information content (AvgIpc) is 3.30. The standard InChI is InChI=1S/C32H61N3O7S/c1-8-15-35(16-9-2,17-10-3)21-23(5)18-26(30(37)34-32(6,7)22-43(40,41)42)19-25-13-12-14-27(25)28(31(38)39)20-24(11-4)29(33)36/h23-28H,8-22H2,1-7H3,(H4-,33,34,36,37,38,39,40,41,42). The van der Waals surface area contributed by atoms with Gasteiger partial charge in [-0.05, 0) is 77.0 Å². The molecule has 2 amide bonds. The van der Waals surface area contributed by atoms with E-state index >= 15 is 0 Å². The number of nitrogens with one attached hydrogen (secondary N) is 1. The summed E-state index contributed by atoms with van der Waals surface area (Å²) in [5.41, 5.74) is 4.37. The van der Waals surface area contributed by atoms with E-state index in [9.17, 15) is 32.5 Å². The zero-order valence-corrected chi connectivity index (χ0v) is 28.7. The Labute approximate surface area is 261 Å². The molecule has 1 aliphatic rings. The van der Waals surface area contributed by atoms with Crippen LogP contribution in [-0.4, -0.2) is 72.7 Å². The lowest BCUT2D eigenvalue weighted by Crippen LogP contribution is -2.53. The fourth-order valence-corrected chi connectivity index (χ4v) is 8.97. The first-order valence-corrected chi connectivity index (χ1v) is 18.2. The van der Waals surface area contributed by atoms with Crippen LogP contribution in [0.15, 0.2) is 0 Å². The molecule has 1 fully saturated rings. The van der Waals surface area contributed by atoms with Crippen LogP contribution >= 0.6 is 0 Å². The Kier molecular flexibility index (Phi) is 16.2. The van der Waals surface area contributed by atoms with Gasteiger partial charge in [0.05, 0.1) is 37.5 Å². The first-order chi connectivity index (χ1) is 19.9. The normalized spacial score (nSPS) is 20.7. The van der Waals surface area contributed by atoms with Crippen molar-refractivity contribution in [3.63, 3.8) is 0 Å². The zero-order chi connectivity index (χ0) is 33.0. The van der Waals surface area contributed by atoms with Gasteiger partial charge in [-0.25, -0.2) is 0 Å². The molecule has 1 aliphatic carbocycles. The number of aliphatic carboxylic acids is 1. The van der Waals surface area contributed by atoms with E-state index in [4.69, 9.17) is 5.73 Å². The summed E-state index contributed by atoms with van der Waals surface area (Å²) in [5.74, 6) is -4.51. The highest BCUT2D eigenvalue weighted by atomic mass is 32.2. The minimum atomic E-state index is -4.32. The maximum atomic E-state index is 13.9. The van der Waals surface area contributed by atoms with Crippen LogP contribution in [0.4, 0.5) is 0 Å². The third kappa shape index (κ3) is 13.4. The van der Waals surface area contributed by atoms with Crippen molar-refractivity contribution in [3.05, 3.63) is 0 Å². The van der Waals surface area contributed by atoms with E-state index in [0.717, 1.165) is 62.8 Å². The third-order valence-electron chi connectivity index (χ3n) is 9.41. The molecule has 6 unspecified atom stereocenters. The maximum Gasteiger partial charge on any atom is 0.267 e. The van der Waals surface area contributed by atoms with Crippen molar-refractivity contribution in [2.75, 3.05) is 31.9 Å². The van der Waals surface area contributed by atoms with Crippen LogP contribution in [0, 0.1) is 35.5 Å². The number of amides is 2. The fourth-order valence-electron chi connectivity index (χ4n) is 7.98. The molecule has 0 aromatic rings. The van der Waals surface area contributed by atoms with E-state index in [1.54, 1.807) is 13.8 Å². The van der Waals surface area contributed by atoms with Gasteiger partial charge in [-0.2, -0.15) is 8.42 Å². The van der Waals surface area contributed by atoms with Crippen molar-refractivity contribution in [1.29, 1.82) is 0 Å². The minimum absolute atomic E-state index is 0.0536. The molecule has 0 saturated heterocycles. The highest BCUT2D eigenvalue weighted by Crippen LogP contribution is 2.43. The molecule has 0 aliphatic heterocycles. The highest BCUT2D eigenvalue weighted by molar-refractivity contribution is 7.85. The Balaban J connectivity index is 3.34. The van der Waals surface area contributed by atoms with Crippen molar-refractivity contribution < 1.29 is 36.9 Å². The molecule has 1 rings (SSSR count). The SMILES string of the molecule is CCC[N+](CCC)(CCC)CC(C)CC(CC1CCCC1C(CC(CC)C(N)=O)C(=O)[O-])C(=O)NC(C)(C)CS(=O)(=O)O. The summed E-state index contributed by atoms with van der Waals surface area (Å²) in [6, 6.07) is 0. The van der Waals surface area contributed by atoms with Crippen molar-refractivity contribution in [1.82, 2.24) is 5.32 Å². The summed E-state index contributed by atoms with van der Waals surface area (Å²) in [6.07, 6.45) is 7.13. The minimum Gasteiger partial charge on any atom is -0.550 e. The molecule has 43 heavy (non-hydrogen) atoms. The van der Waals surface area contributed by atoms with Gasteiger partial charge in [0.25, 0.3) is 10.1 Å². The van der Waals surface area contributed by atoms with Crippen LogP contribution in [0.1, 0.15) is 113 Å². The zero-order valence-electron chi connectivity index (χ0n) is 27.9. The fraction of sp³-hybridized carbons (Fsp3) is 0.906. The molecule has 6 atom stereocenters. The van der Waals surface area contributed by atoms with E-state index in [1.165, 1.54) is 0 Å². The number of nitrogens with two attached hydrogens (primary N) is 1. The first kappa shape index (κ1) is 39.3. The molecule has 10 nitrogen and oxygen atoms in total. The molecule has 0 aromatic carbocycles. The van der Waals surface area contributed by atoms with E-state index < -0.39 is 51.0 Å². The van der Waals surface area contributed by atoms with Crippen LogP contribution in [0.2, 0.25) is 0 Å². The van der Waals surface area contributed by atoms with Gasteiger partial charge >= 0.3 is 0 Å². The summed E-state index contributed by atoms with van der Waals surface area (Å²) in [4.78, 5) is 38.1. The lowest BCUT2D eigenvalue weighted by atomic mass is 9.74. The first-order valence-electron chi connectivity index (χ1n) is 16.5. The predicted molar refractivity (Wildman–Crippen MR) is 168 cm³/mol. The topological polar surface area (TPSA) is 167 Å². The molecular weight excluding hydrogens is 570 g/mol. The second-order valence-electron chi connectivity index (χ2n) is 14.1. The molecule has 0 heterocycles. The number of carbonyl (C=O) groups is 3. The Morgan fingerprint density at radius 1 is 1.00 bits per heavy atom. The number of nitrogens with zero attached hydrogens (tertiary/aromatic N) is 1. The number of rotatable bonds is 22. The molecule has 0 bridgehead atoms. The summed E-state index contributed by atoms with van der Waals surface area (Å²) in [7, 11) is -4.32. The van der Waals surface area contributed by atoms with Crippen LogP contribution in [0.25, 0.3) is 0 Å². The number of hydrogen-bond donors (Lipinski definition) is 3. The summed E-state index contributed by atoms with van der Waals surface area (Å²) in [5, 5.41) is 15.2. The van der Waals surface area contributed by atoms with Gasteiger partial charge in [0.2, 0.25) is 11.8 Å².